The van der Waals surface area contributed by atoms with E-state index in [9.17, 15) is 9.18 Å². The van der Waals surface area contributed by atoms with Gasteiger partial charge in [0.05, 0.1) is 0 Å². The van der Waals surface area contributed by atoms with E-state index in [0.717, 1.165) is 42.7 Å². The molecule has 0 atom stereocenters. The van der Waals surface area contributed by atoms with Gasteiger partial charge in [-0.25, -0.2) is 4.39 Å². The number of nitrogens with zero attached hydrogens (tertiary/aromatic N) is 2. The van der Waals surface area contributed by atoms with Gasteiger partial charge in [0.25, 0.3) is 5.91 Å². The van der Waals surface area contributed by atoms with Crippen LogP contribution in [0.2, 0.25) is 0 Å². The summed E-state index contributed by atoms with van der Waals surface area (Å²) in [6.45, 7) is 5.67. The zero-order valence-electron chi connectivity index (χ0n) is 14.0. The average molecular weight is 326 g/mol. The molecule has 0 unspecified atom stereocenters. The minimum absolute atomic E-state index is 0.0893. The quantitative estimate of drug-likeness (QED) is 0.862. The number of hydrogen-bond donors (Lipinski definition) is 0. The van der Waals surface area contributed by atoms with E-state index in [1.807, 2.05) is 48.2 Å². The molecule has 1 saturated heterocycles. The van der Waals surface area contributed by atoms with Gasteiger partial charge < -0.3 is 4.90 Å². The molecule has 2 aromatic carbocycles. The summed E-state index contributed by atoms with van der Waals surface area (Å²) >= 11 is 0. The molecule has 0 bridgehead atoms. The van der Waals surface area contributed by atoms with Crippen molar-refractivity contribution in [2.24, 2.45) is 0 Å². The Morgan fingerprint density at radius 1 is 1.04 bits per heavy atom. The Hall–Kier alpha value is -2.20. The monoisotopic (exact) mass is 326 g/mol. The summed E-state index contributed by atoms with van der Waals surface area (Å²) in [4.78, 5) is 16.8. The highest BCUT2D eigenvalue weighted by molar-refractivity contribution is 5.94. The van der Waals surface area contributed by atoms with E-state index in [1.165, 1.54) is 6.07 Å². The molecule has 0 saturated carbocycles. The standard InChI is InChI=1S/C20H23FN2O/c1-16-6-4-8-17(14-16)20(24)23-11-5-10-22(12-13-23)15-18-7-2-3-9-19(18)21/h2-4,6-9,14H,5,10-13,15H2,1H3. The lowest BCUT2D eigenvalue weighted by Crippen LogP contribution is -2.35. The van der Waals surface area contributed by atoms with Gasteiger partial charge in [0.1, 0.15) is 5.82 Å². The van der Waals surface area contributed by atoms with Crippen molar-refractivity contribution in [3.63, 3.8) is 0 Å². The number of amides is 1. The zero-order valence-corrected chi connectivity index (χ0v) is 14.0. The second-order valence-corrected chi connectivity index (χ2v) is 6.38. The number of rotatable bonds is 3. The molecular formula is C20H23FN2O. The summed E-state index contributed by atoms with van der Waals surface area (Å²) in [6.07, 6.45) is 0.909. The lowest BCUT2D eigenvalue weighted by atomic mass is 10.1. The summed E-state index contributed by atoms with van der Waals surface area (Å²) < 4.78 is 13.8. The molecule has 1 amide bonds. The molecule has 2 aromatic rings. The number of aryl methyl sites for hydroxylation is 1. The predicted molar refractivity (Wildman–Crippen MR) is 93.4 cm³/mol. The molecule has 4 heteroatoms. The van der Waals surface area contributed by atoms with Crippen LogP contribution in [0, 0.1) is 12.7 Å². The Bertz CT molecular complexity index is 716. The van der Waals surface area contributed by atoms with Crippen LogP contribution in [-0.4, -0.2) is 41.9 Å². The second-order valence-electron chi connectivity index (χ2n) is 6.38. The van der Waals surface area contributed by atoms with Crippen LogP contribution in [0.1, 0.15) is 27.9 Å². The third-order valence-electron chi connectivity index (χ3n) is 4.49. The minimum atomic E-state index is -0.158. The molecule has 126 valence electrons. The van der Waals surface area contributed by atoms with Crippen molar-refractivity contribution >= 4 is 5.91 Å². The molecule has 0 N–H and O–H groups in total. The molecule has 0 spiro atoms. The topological polar surface area (TPSA) is 23.6 Å². The Morgan fingerprint density at radius 3 is 2.67 bits per heavy atom. The second kappa shape index (κ2) is 7.58. The number of hydrogen-bond acceptors (Lipinski definition) is 2. The maximum absolute atomic E-state index is 13.8. The number of carbonyl (C=O) groups excluding carboxylic acids is 1. The Morgan fingerprint density at radius 2 is 1.88 bits per heavy atom. The van der Waals surface area contributed by atoms with Crippen LogP contribution in [0.25, 0.3) is 0 Å². The van der Waals surface area contributed by atoms with Gasteiger partial charge in [0.15, 0.2) is 0 Å². The first-order chi connectivity index (χ1) is 11.6. The maximum atomic E-state index is 13.8. The first-order valence-electron chi connectivity index (χ1n) is 8.45. The van der Waals surface area contributed by atoms with Crippen molar-refractivity contribution in [2.45, 2.75) is 19.9 Å². The van der Waals surface area contributed by atoms with Gasteiger partial charge in [-0.3, -0.25) is 9.69 Å². The van der Waals surface area contributed by atoms with Gasteiger partial charge in [-0.1, -0.05) is 35.9 Å². The summed E-state index contributed by atoms with van der Waals surface area (Å²) in [7, 11) is 0. The van der Waals surface area contributed by atoms with Crippen LogP contribution in [0.3, 0.4) is 0 Å². The van der Waals surface area contributed by atoms with Crippen molar-refractivity contribution in [1.82, 2.24) is 9.80 Å². The van der Waals surface area contributed by atoms with Crippen molar-refractivity contribution < 1.29 is 9.18 Å². The molecule has 1 heterocycles. The molecular weight excluding hydrogens is 303 g/mol. The Kier molecular flexibility index (Phi) is 5.26. The van der Waals surface area contributed by atoms with Crippen molar-refractivity contribution in [2.75, 3.05) is 26.2 Å². The molecule has 1 aliphatic heterocycles. The predicted octanol–water partition coefficient (Wildman–Crippen LogP) is 3.48. The highest BCUT2D eigenvalue weighted by Gasteiger charge is 2.20. The minimum Gasteiger partial charge on any atom is -0.337 e. The fraction of sp³-hybridized carbons (Fsp3) is 0.350. The molecule has 1 aliphatic rings. The van der Waals surface area contributed by atoms with Crippen LogP contribution in [0.15, 0.2) is 48.5 Å². The lowest BCUT2D eigenvalue weighted by molar-refractivity contribution is 0.0761. The summed E-state index contributed by atoms with van der Waals surface area (Å²) in [6, 6.07) is 14.6. The highest BCUT2D eigenvalue weighted by atomic mass is 19.1. The SMILES string of the molecule is Cc1cccc(C(=O)N2CCCN(Cc3ccccc3F)CC2)c1. The fourth-order valence-electron chi connectivity index (χ4n) is 3.16. The summed E-state index contributed by atoms with van der Waals surface area (Å²) in [5, 5.41) is 0. The molecule has 0 aliphatic carbocycles. The molecule has 24 heavy (non-hydrogen) atoms. The summed E-state index contributed by atoms with van der Waals surface area (Å²) in [5.41, 5.74) is 2.56. The third-order valence-corrected chi connectivity index (χ3v) is 4.49. The van der Waals surface area contributed by atoms with Gasteiger partial charge in [-0.2, -0.15) is 0 Å². The van der Waals surface area contributed by atoms with Crippen LogP contribution in [0.5, 0.6) is 0 Å². The molecule has 1 fully saturated rings. The first-order valence-corrected chi connectivity index (χ1v) is 8.45. The van der Waals surface area contributed by atoms with Crippen LogP contribution in [0.4, 0.5) is 4.39 Å². The molecule has 0 aromatic heterocycles. The molecule has 3 rings (SSSR count). The lowest BCUT2D eigenvalue weighted by Gasteiger charge is -2.22. The van der Waals surface area contributed by atoms with E-state index >= 15 is 0 Å². The fourth-order valence-corrected chi connectivity index (χ4v) is 3.16. The largest absolute Gasteiger partial charge is 0.337 e. The Labute approximate surface area is 142 Å². The van der Waals surface area contributed by atoms with E-state index in [4.69, 9.17) is 0 Å². The van der Waals surface area contributed by atoms with Gasteiger partial charge in [0.2, 0.25) is 0 Å². The van der Waals surface area contributed by atoms with Gasteiger partial charge in [0, 0.05) is 43.9 Å². The molecule has 0 radical (unpaired) electrons. The van der Waals surface area contributed by atoms with Crippen molar-refractivity contribution in [3.05, 3.63) is 71.0 Å². The van der Waals surface area contributed by atoms with E-state index < -0.39 is 0 Å². The first kappa shape index (κ1) is 16.7. The smallest absolute Gasteiger partial charge is 0.253 e. The maximum Gasteiger partial charge on any atom is 0.253 e. The van der Waals surface area contributed by atoms with Crippen molar-refractivity contribution in [1.29, 1.82) is 0 Å². The van der Waals surface area contributed by atoms with E-state index in [1.54, 1.807) is 6.07 Å². The van der Waals surface area contributed by atoms with E-state index in [0.29, 0.717) is 13.1 Å². The number of carbonyl (C=O) groups is 1. The number of halogens is 1. The van der Waals surface area contributed by atoms with E-state index in [-0.39, 0.29) is 11.7 Å². The van der Waals surface area contributed by atoms with Crippen molar-refractivity contribution in [3.8, 4) is 0 Å². The number of benzene rings is 2. The van der Waals surface area contributed by atoms with Crippen LogP contribution in [-0.2, 0) is 6.54 Å². The van der Waals surface area contributed by atoms with E-state index in [2.05, 4.69) is 4.90 Å². The van der Waals surface area contributed by atoms with Gasteiger partial charge in [-0.15, -0.1) is 0 Å². The van der Waals surface area contributed by atoms with Gasteiger partial charge >= 0.3 is 0 Å². The summed E-state index contributed by atoms with van der Waals surface area (Å²) in [5.74, 6) is -0.0686. The van der Waals surface area contributed by atoms with Crippen LogP contribution < -0.4 is 0 Å². The highest BCUT2D eigenvalue weighted by Crippen LogP contribution is 2.14. The molecule has 3 nitrogen and oxygen atoms in total. The Balaban J connectivity index is 1.63. The van der Waals surface area contributed by atoms with Gasteiger partial charge in [-0.05, 0) is 31.5 Å². The normalized spacial score (nSPS) is 16.0. The average Bonchev–Trinajstić information content (AvgIpc) is 2.82. The van der Waals surface area contributed by atoms with Crippen LogP contribution >= 0.6 is 0 Å². The third kappa shape index (κ3) is 4.01. The zero-order chi connectivity index (χ0) is 16.9.